The summed E-state index contributed by atoms with van der Waals surface area (Å²) >= 11 is 0. The topological polar surface area (TPSA) is 122 Å². The van der Waals surface area contributed by atoms with Gasteiger partial charge in [-0.2, -0.15) is 10.2 Å². The van der Waals surface area contributed by atoms with Gasteiger partial charge in [-0.1, -0.05) is 36.4 Å². The van der Waals surface area contributed by atoms with E-state index in [0.717, 1.165) is 67.9 Å². The fourth-order valence-corrected chi connectivity index (χ4v) is 5.20. The third-order valence-electron chi connectivity index (χ3n) is 7.30. The van der Waals surface area contributed by atoms with E-state index in [1.54, 1.807) is 0 Å². The van der Waals surface area contributed by atoms with Crippen LogP contribution in [0, 0.1) is 0 Å². The van der Waals surface area contributed by atoms with Gasteiger partial charge in [0.1, 0.15) is 6.10 Å². The van der Waals surface area contributed by atoms with Gasteiger partial charge in [0, 0.05) is 50.7 Å². The number of pyridine rings is 2. The summed E-state index contributed by atoms with van der Waals surface area (Å²) in [5.41, 5.74) is 7.14. The molecule has 5 aromatic rings. The Morgan fingerprint density at radius 1 is 0.837 bits per heavy atom. The van der Waals surface area contributed by atoms with Crippen molar-refractivity contribution in [2.24, 2.45) is 0 Å². The fourth-order valence-electron chi connectivity index (χ4n) is 5.20. The summed E-state index contributed by atoms with van der Waals surface area (Å²) in [6.45, 7) is 4.05. The summed E-state index contributed by atoms with van der Waals surface area (Å²) < 4.78 is 10.3. The molecule has 0 saturated carbocycles. The third-order valence-corrected chi connectivity index (χ3v) is 7.30. The van der Waals surface area contributed by atoms with Crippen LogP contribution in [0.4, 0.5) is 0 Å². The maximum atomic E-state index is 9.55. The van der Waals surface area contributed by atoms with Crippen LogP contribution < -0.4 is 0 Å². The predicted molar refractivity (Wildman–Crippen MR) is 162 cm³/mol. The van der Waals surface area contributed by atoms with E-state index in [9.17, 15) is 9.59 Å². The predicted octanol–water partition coefficient (Wildman–Crippen LogP) is 4.83. The quantitative estimate of drug-likeness (QED) is 0.168. The van der Waals surface area contributed by atoms with Crippen LogP contribution >= 0.6 is 0 Å². The lowest BCUT2D eigenvalue weighted by molar-refractivity contribution is -0.134. The maximum absolute atomic E-state index is 9.55. The number of carboxylic acid groups (broad SMARTS) is 2. The van der Waals surface area contributed by atoms with E-state index in [1.165, 1.54) is 11.1 Å². The molecule has 0 amide bonds. The molecule has 0 radical (unpaired) electrons. The molecule has 1 aliphatic heterocycles. The minimum atomic E-state index is -1.26. The number of aliphatic carboxylic acids is 2. The van der Waals surface area contributed by atoms with E-state index in [-0.39, 0.29) is 6.10 Å². The number of rotatable bonds is 11. The molecule has 0 spiro atoms. The van der Waals surface area contributed by atoms with Crippen molar-refractivity contribution in [3.63, 3.8) is 0 Å². The number of unbranched alkanes of at least 4 members (excludes halogenated alkanes) is 1. The molecule has 0 aliphatic carbocycles. The Kier molecular flexibility index (Phi) is 9.94. The molecule has 0 saturated heterocycles. The average molecular weight is 582 g/mol. The second-order valence-corrected chi connectivity index (χ2v) is 10.4. The maximum Gasteiger partial charge on any atom is 0.328 e. The SMILES string of the molecule is O=C(O)/C=C\C(=O)O.c1ccc2c(c1)CCN(CCCCOC(Cc1cc3ccccn3n1)c1cc3ccccn3n1)C2. The highest BCUT2D eigenvalue weighted by atomic mass is 16.5. The first kappa shape index (κ1) is 29.7. The van der Waals surface area contributed by atoms with Gasteiger partial charge in [0.05, 0.1) is 22.4 Å². The lowest BCUT2D eigenvalue weighted by Gasteiger charge is -2.28. The molecule has 5 heterocycles. The van der Waals surface area contributed by atoms with Gasteiger partial charge in [-0.15, -0.1) is 0 Å². The van der Waals surface area contributed by atoms with Gasteiger partial charge in [-0.05, 0) is 73.3 Å². The first-order valence-electron chi connectivity index (χ1n) is 14.4. The molecular weight excluding hydrogens is 546 g/mol. The second-order valence-electron chi connectivity index (χ2n) is 10.4. The number of benzene rings is 1. The monoisotopic (exact) mass is 581 g/mol. The average Bonchev–Trinajstić information content (AvgIpc) is 3.63. The van der Waals surface area contributed by atoms with Crippen molar-refractivity contribution in [2.45, 2.75) is 38.3 Å². The van der Waals surface area contributed by atoms with E-state index in [4.69, 9.17) is 25.1 Å². The van der Waals surface area contributed by atoms with Crippen molar-refractivity contribution >= 4 is 23.0 Å². The van der Waals surface area contributed by atoms with Crippen LogP contribution in [0.5, 0.6) is 0 Å². The van der Waals surface area contributed by atoms with E-state index in [1.807, 2.05) is 45.7 Å². The Balaban J connectivity index is 0.000000407. The molecule has 2 N–H and O–H groups in total. The van der Waals surface area contributed by atoms with Gasteiger partial charge in [0.25, 0.3) is 0 Å². The number of fused-ring (bicyclic) bond motifs is 3. The van der Waals surface area contributed by atoms with E-state index >= 15 is 0 Å². The minimum Gasteiger partial charge on any atom is -0.478 e. The Bertz CT molecular complexity index is 1630. The zero-order valence-electron chi connectivity index (χ0n) is 23.8. The normalized spacial score (nSPS) is 14.0. The van der Waals surface area contributed by atoms with Crippen molar-refractivity contribution in [1.29, 1.82) is 0 Å². The zero-order chi connectivity index (χ0) is 30.0. The Morgan fingerprint density at radius 2 is 1.49 bits per heavy atom. The van der Waals surface area contributed by atoms with Gasteiger partial charge in [-0.3, -0.25) is 4.90 Å². The molecule has 10 nitrogen and oxygen atoms in total. The molecule has 1 aromatic carbocycles. The minimum absolute atomic E-state index is 0.123. The number of nitrogens with zero attached hydrogens (tertiary/aromatic N) is 5. The van der Waals surface area contributed by atoms with Crippen LogP contribution in [0.2, 0.25) is 0 Å². The largest absolute Gasteiger partial charge is 0.478 e. The molecule has 222 valence electrons. The van der Waals surface area contributed by atoms with Crippen molar-refractivity contribution in [1.82, 2.24) is 24.1 Å². The van der Waals surface area contributed by atoms with Crippen molar-refractivity contribution in [3.8, 4) is 0 Å². The summed E-state index contributed by atoms with van der Waals surface area (Å²) in [5.74, 6) is -2.51. The molecule has 1 aliphatic rings. The summed E-state index contributed by atoms with van der Waals surface area (Å²) in [6.07, 6.45) is 8.99. The second kappa shape index (κ2) is 14.4. The first-order valence-corrected chi connectivity index (χ1v) is 14.4. The number of hydrogen-bond acceptors (Lipinski definition) is 6. The van der Waals surface area contributed by atoms with Gasteiger partial charge in [-0.25, -0.2) is 18.6 Å². The highest BCUT2D eigenvalue weighted by Gasteiger charge is 2.19. The van der Waals surface area contributed by atoms with Crippen molar-refractivity contribution in [3.05, 3.63) is 120 Å². The molecule has 1 unspecified atom stereocenters. The number of hydrogen-bond donors (Lipinski definition) is 2. The van der Waals surface area contributed by atoms with Crippen LogP contribution in [-0.2, 0) is 33.7 Å². The summed E-state index contributed by atoms with van der Waals surface area (Å²) in [7, 11) is 0. The van der Waals surface area contributed by atoms with Crippen LogP contribution in [0.25, 0.3) is 11.0 Å². The van der Waals surface area contributed by atoms with Gasteiger partial charge >= 0.3 is 11.9 Å². The lowest BCUT2D eigenvalue weighted by Crippen LogP contribution is -2.31. The Labute approximate surface area is 249 Å². The molecule has 1 atom stereocenters. The van der Waals surface area contributed by atoms with E-state index in [0.29, 0.717) is 18.6 Å². The van der Waals surface area contributed by atoms with E-state index in [2.05, 4.69) is 53.4 Å². The van der Waals surface area contributed by atoms with E-state index < -0.39 is 11.9 Å². The number of ether oxygens (including phenoxy) is 1. The Morgan fingerprint density at radius 3 is 2.16 bits per heavy atom. The summed E-state index contributed by atoms with van der Waals surface area (Å²) in [5, 5.41) is 25.2. The molecule has 43 heavy (non-hydrogen) atoms. The highest BCUT2D eigenvalue weighted by Crippen LogP contribution is 2.24. The molecule has 4 aromatic heterocycles. The van der Waals surface area contributed by atoms with Crippen LogP contribution in [0.1, 0.15) is 41.5 Å². The number of carbonyl (C=O) groups is 2. The fraction of sp³-hybridized carbons (Fsp3) is 0.273. The zero-order valence-corrected chi connectivity index (χ0v) is 23.8. The van der Waals surface area contributed by atoms with Gasteiger partial charge in [0.15, 0.2) is 0 Å². The van der Waals surface area contributed by atoms with Gasteiger partial charge < -0.3 is 14.9 Å². The number of aromatic nitrogens is 4. The van der Waals surface area contributed by atoms with Crippen LogP contribution in [0.15, 0.2) is 97.3 Å². The number of carboxylic acids is 2. The summed E-state index contributed by atoms with van der Waals surface area (Å²) in [6, 6.07) is 25.3. The third kappa shape index (κ3) is 8.37. The summed E-state index contributed by atoms with van der Waals surface area (Å²) in [4.78, 5) is 21.7. The van der Waals surface area contributed by atoms with Gasteiger partial charge in [0.2, 0.25) is 0 Å². The highest BCUT2D eigenvalue weighted by molar-refractivity contribution is 5.89. The van der Waals surface area contributed by atoms with Crippen molar-refractivity contribution in [2.75, 3.05) is 19.7 Å². The molecule has 0 fully saturated rings. The molecule has 6 rings (SSSR count). The molecule has 10 heteroatoms. The molecular formula is C33H35N5O5. The standard InChI is InChI=1S/C29H31N5O.C4H4O4/c1-2-10-24-22-32(17-13-23(24)9-1)14-7-8-18-35-29(28-21-27-12-4-6-16-34(27)31-28)20-25-19-26-11-3-5-15-33(26)30-25;5-3(6)1-2-4(7)8/h1-6,9-12,15-16,19,21,29H,7-8,13-14,17-18,20,22H2;1-2H,(H,5,6)(H,7,8)/b;2-1-. The Hall–Kier alpha value is -4.80. The lowest BCUT2D eigenvalue weighted by atomic mass is 10.00. The van der Waals surface area contributed by atoms with Crippen molar-refractivity contribution < 1.29 is 24.5 Å². The van der Waals surface area contributed by atoms with Crippen LogP contribution in [-0.4, -0.2) is 66.0 Å². The van der Waals surface area contributed by atoms with Crippen LogP contribution in [0.3, 0.4) is 0 Å². The smallest absolute Gasteiger partial charge is 0.328 e. The molecule has 0 bridgehead atoms. The first-order chi connectivity index (χ1) is 20.9.